The molecule has 1 atom stereocenters. The van der Waals surface area contributed by atoms with Crippen molar-refractivity contribution >= 4 is 23.7 Å². The van der Waals surface area contributed by atoms with Crippen LogP contribution in [-0.4, -0.2) is 36.1 Å². The third-order valence-corrected chi connectivity index (χ3v) is 4.11. The fourth-order valence-corrected chi connectivity index (χ4v) is 2.46. The Labute approximate surface area is 167 Å². The van der Waals surface area contributed by atoms with Crippen LogP contribution < -0.4 is 15.5 Å². The van der Waals surface area contributed by atoms with E-state index < -0.39 is 16.9 Å². The number of amides is 2. The molecule has 2 aromatic carbocycles. The van der Waals surface area contributed by atoms with Crippen molar-refractivity contribution in [2.24, 2.45) is 5.10 Å². The van der Waals surface area contributed by atoms with E-state index in [1.165, 1.54) is 19.2 Å². The van der Waals surface area contributed by atoms with Crippen molar-refractivity contribution in [1.29, 1.82) is 0 Å². The van der Waals surface area contributed by atoms with E-state index in [1.54, 1.807) is 50.4 Å². The summed E-state index contributed by atoms with van der Waals surface area (Å²) in [6.07, 6.45) is 1.42. The number of nitro groups is 1. The highest BCUT2D eigenvalue weighted by Gasteiger charge is 2.15. The summed E-state index contributed by atoms with van der Waals surface area (Å²) in [5, 5.41) is 17.3. The number of nitrogens with zero attached hydrogens (tertiary/aromatic N) is 2. The van der Waals surface area contributed by atoms with Crippen molar-refractivity contribution in [3.8, 4) is 5.75 Å². The van der Waals surface area contributed by atoms with Gasteiger partial charge < -0.3 is 10.1 Å². The number of hydrogen-bond acceptors (Lipinski definition) is 6. The van der Waals surface area contributed by atoms with E-state index in [4.69, 9.17) is 4.74 Å². The zero-order chi connectivity index (χ0) is 21.4. The van der Waals surface area contributed by atoms with Crippen LogP contribution in [0.5, 0.6) is 5.75 Å². The van der Waals surface area contributed by atoms with E-state index in [2.05, 4.69) is 15.8 Å². The van der Waals surface area contributed by atoms with Gasteiger partial charge in [-0.25, -0.2) is 5.43 Å². The molecule has 2 N–H and O–H groups in total. The first-order chi connectivity index (χ1) is 13.8. The normalized spacial score (nSPS) is 11.7. The van der Waals surface area contributed by atoms with Crippen LogP contribution in [-0.2, 0) is 16.0 Å². The number of nitro benzene ring substituents is 1. The molecule has 0 aromatic heterocycles. The molecule has 0 aliphatic carbocycles. The van der Waals surface area contributed by atoms with Crippen molar-refractivity contribution in [3.63, 3.8) is 0 Å². The van der Waals surface area contributed by atoms with Gasteiger partial charge in [0.15, 0.2) is 0 Å². The Bertz CT molecular complexity index is 925. The average Bonchev–Trinajstić information content (AvgIpc) is 2.69. The number of hydrazone groups is 1. The van der Waals surface area contributed by atoms with Gasteiger partial charge in [0, 0.05) is 17.2 Å². The summed E-state index contributed by atoms with van der Waals surface area (Å²) in [6, 6.07) is 10.9. The van der Waals surface area contributed by atoms with Crippen LogP contribution in [0.4, 0.5) is 5.69 Å². The molecule has 2 aromatic rings. The highest BCUT2D eigenvalue weighted by Crippen LogP contribution is 2.18. The Morgan fingerprint density at radius 3 is 2.55 bits per heavy atom. The largest absolute Gasteiger partial charge is 0.497 e. The number of carbonyl (C=O) groups excluding carboxylic acids is 2. The number of methoxy groups -OCH3 is 1. The lowest BCUT2D eigenvalue weighted by atomic mass is 10.1. The molecule has 29 heavy (non-hydrogen) atoms. The molecule has 2 amide bonds. The first kappa shape index (κ1) is 21.5. The Morgan fingerprint density at radius 1 is 1.24 bits per heavy atom. The van der Waals surface area contributed by atoms with Gasteiger partial charge in [-0.05, 0) is 31.5 Å². The highest BCUT2D eigenvalue weighted by atomic mass is 16.6. The lowest BCUT2D eigenvalue weighted by Crippen LogP contribution is -2.43. The van der Waals surface area contributed by atoms with Gasteiger partial charge in [-0.3, -0.25) is 19.7 Å². The van der Waals surface area contributed by atoms with Gasteiger partial charge in [-0.1, -0.05) is 24.3 Å². The molecule has 0 spiro atoms. The van der Waals surface area contributed by atoms with Crippen molar-refractivity contribution in [3.05, 3.63) is 69.3 Å². The van der Waals surface area contributed by atoms with Crippen molar-refractivity contribution in [2.75, 3.05) is 7.11 Å². The minimum absolute atomic E-state index is 0.0283. The molecule has 0 radical (unpaired) electrons. The molecule has 0 saturated heterocycles. The maximum absolute atomic E-state index is 12.1. The van der Waals surface area contributed by atoms with Crippen LogP contribution in [0.25, 0.3) is 0 Å². The second-order valence-electron chi connectivity index (χ2n) is 6.35. The zero-order valence-corrected chi connectivity index (χ0v) is 16.3. The first-order valence-electron chi connectivity index (χ1n) is 8.80. The number of aryl methyl sites for hydroxylation is 1. The SMILES string of the molecule is COc1ccc(CC(=O)NC(C)C(=O)NN=Cc2ccc(C)c([N+](=O)[O-])c2)cc1. The minimum Gasteiger partial charge on any atom is -0.497 e. The van der Waals surface area contributed by atoms with Crippen molar-refractivity contribution < 1.29 is 19.2 Å². The summed E-state index contributed by atoms with van der Waals surface area (Å²) in [6.45, 7) is 3.17. The summed E-state index contributed by atoms with van der Waals surface area (Å²) in [5.74, 6) is -0.124. The standard InChI is InChI=1S/C20H22N4O5/c1-13-4-5-16(10-18(13)24(27)28)12-21-23-20(26)14(2)22-19(25)11-15-6-8-17(29-3)9-7-15/h4-10,12,14H,11H2,1-3H3,(H,22,25)(H,23,26). The van der Waals surface area contributed by atoms with Crippen LogP contribution in [0.2, 0.25) is 0 Å². The number of carbonyl (C=O) groups is 2. The molecule has 0 heterocycles. The second-order valence-corrected chi connectivity index (χ2v) is 6.35. The maximum Gasteiger partial charge on any atom is 0.272 e. The van der Waals surface area contributed by atoms with Crippen LogP contribution in [0.3, 0.4) is 0 Å². The number of rotatable bonds is 8. The topological polar surface area (TPSA) is 123 Å². The fraction of sp³-hybridized carbons (Fsp3) is 0.250. The lowest BCUT2D eigenvalue weighted by Gasteiger charge is -2.12. The van der Waals surface area contributed by atoms with Crippen LogP contribution in [0, 0.1) is 17.0 Å². The molecule has 9 nitrogen and oxygen atoms in total. The second kappa shape index (κ2) is 9.98. The van der Waals surface area contributed by atoms with Gasteiger partial charge in [0.25, 0.3) is 11.6 Å². The van der Waals surface area contributed by atoms with E-state index in [9.17, 15) is 19.7 Å². The van der Waals surface area contributed by atoms with Gasteiger partial charge in [0.2, 0.25) is 5.91 Å². The van der Waals surface area contributed by atoms with Gasteiger partial charge in [0.1, 0.15) is 11.8 Å². The first-order valence-corrected chi connectivity index (χ1v) is 8.80. The van der Waals surface area contributed by atoms with Crippen LogP contribution in [0.1, 0.15) is 23.6 Å². The fourth-order valence-electron chi connectivity index (χ4n) is 2.46. The molecule has 152 valence electrons. The van der Waals surface area contributed by atoms with E-state index in [-0.39, 0.29) is 18.0 Å². The van der Waals surface area contributed by atoms with Crippen molar-refractivity contribution in [1.82, 2.24) is 10.7 Å². The molecule has 0 aliphatic rings. The highest BCUT2D eigenvalue weighted by molar-refractivity contribution is 5.89. The average molecular weight is 398 g/mol. The van der Waals surface area contributed by atoms with Crippen molar-refractivity contribution in [2.45, 2.75) is 26.3 Å². The Balaban J connectivity index is 1.86. The Kier molecular flexibility index (Phi) is 7.41. The van der Waals surface area contributed by atoms with Gasteiger partial charge in [-0.15, -0.1) is 0 Å². The van der Waals surface area contributed by atoms with Crippen LogP contribution >= 0.6 is 0 Å². The molecule has 9 heteroatoms. The number of nitrogens with one attached hydrogen (secondary N) is 2. The minimum atomic E-state index is -0.801. The number of benzene rings is 2. The van der Waals surface area contributed by atoms with E-state index >= 15 is 0 Å². The van der Waals surface area contributed by atoms with E-state index in [0.717, 1.165) is 5.56 Å². The third kappa shape index (κ3) is 6.42. The predicted octanol–water partition coefficient (Wildman–Crippen LogP) is 2.11. The monoisotopic (exact) mass is 398 g/mol. The maximum atomic E-state index is 12.1. The molecule has 0 fully saturated rings. The molecular formula is C20H22N4O5. The third-order valence-electron chi connectivity index (χ3n) is 4.11. The summed E-state index contributed by atoms with van der Waals surface area (Å²) in [5.41, 5.74) is 4.07. The molecule has 0 saturated carbocycles. The Morgan fingerprint density at radius 2 is 1.93 bits per heavy atom. The lowest BCUT2D eigenvalue weighted by molar-refractivity contribution is -0.385. The van der Waals surface area contributed by atoms with E-state index in [0.29, 0.717) is 16.9 Å². The number of ether oxygens (including phenoxy) is 1. The van der Waals surface area contributed by atoms with Gasteiger partial charge in [-0.2, -0.15) is 5.10 Å². The molecule has 0 bridgehead atoms. The Hall–Kier alpha value is -3.75. The smallest absolute Gasteiger partial charge is 0.272 e. The summed E-state index contributed by atoms with van der Waals surface area (Å²) >= 11 is 0. The van der Waals surface area contributed by atoms with E-state index in [1.807, 2.05) is 0 Å². The van der Waals surface area contributed by atoms with Crippen LogP contribution in [0.15, 0.2) is 47.6 Å². The zero-order valence-electron chi connectivity index (χ0n) is 16.3. The van der Waals surface area contributed by atoms with Gasteiger partial charge in [0.05, 0.1) is 24.7 Å². The molecule has 0 aliphatic heterocycles. The van der Waals surface area contributed by atoms with Gasteiger partial charge >= 0.3 is 0 Å². The summed E-state index contributed by atoms with van der Waals surface area (Å²) in [4.78, 5) is 34.6. The molecule has 1 unspecified atom stereocenters. The predicted molar refractivity (Wildman–Crippen MR) is 108 cm³/mol. The molecular weight excluding hydrogens is 376 g/mol. The summed E-state index contributed by atoms with van der Waals surface area (Å²) in [7, 11) is 1.56. The quantitative estimate of drug-likeness (QED) is 0.400. The summed E-state index contributed by atoms with van der Waals surface area (Å²) < 4.78 is 5.06. The molecule has 2 rings (SSSR count). The number of hydrogen-bond donors (Lipinski definition) is 2.